The minimum atomic E-state index is 0.284. The maximum Gasteiger partial charge on any atom is 0.00854 e. The summed E-state index contributed by atoms with van der Waals surface area (Å²) in [4.78, 5) is 0. The van der Waals surface area contributed by atoms with Crippen molar-refractivity contribution >= 4 is 6.08 Å². The van der Waals surface area contributed by atoms with Gasteiger partial charge in [0, 0.05) is 5.92 Å². The smallest absolute Gasteiger partial charge is 0.00854 e. The molecule has 5 rings (SSSR count). The molecule has 0 heteroatoms. The van der Waals surface area contributed by atoms with Crippen molar-refractivity contribution in [3.63, 3.8) is 0 Å². The zero-order valence-corrected chi connectivity index (χ0v) is 25.6. The molecular formula is C39H50. The molecule has 2 aromatic carbocycles. The van der Waals surface area contributed by atoms with Crippen molar-refractivity contribution in [2.75, 3.05) is 0 Å². The highest BCUT2D eigenvalue weighted by molar-refractivity contribution is 5.80. The Balaban J connectivity index is 1.42. The quantitative estimate of drug-likeness (QED) is 0.334. The van der Waals surface area contributed by atoms with E-state index < -0.39 is 0 Å². The van der Waals surface area contributed by atoms with Crippen molar-refractivity contribution in [1.82, 2.24) is 0 Å². The average Bonchev–Trinajstić information content (AvgIpc) is 3.29. The third-order valence-corrected chi connectivity index (χ3v) is 9.70. The van der Waals surface area contributed by atoms with Crippen LogP contribution in [0.2, 0.25) is 0 Å². The van der Waals surface area contributed by atoms with Crippen LogP contribution in [0.1, 0.15) is 100 Å². The summed E-state index contributed by atoms with van der Waals surface area (Å²) in [5.74, 6) is 1.62. The topological polar surface area (TPSA) is 0 Å². The van der Waals surface area contributed by atoms with E-state index in [1.54, 1.807) is 5.56 Å². The van der Waals surface area contributed by atoms with E-state index in [-0.39, 0.29) is 5.41 Å². The Morgan fingerprint density at radius 2 is 1.64 bits per heavy atom. The molecule has 206 valence electrons. The Kier molecular flexibility index (Phi) is 7.96. The van der Waals surface area contributed by atoms with Gasteiger partial charge in [0.25, 0.3) is 0 Å². The van der Waals surface area contributed by atoms with Gasteiger partial charge in [-0.3, -0.25) is 0 Å². The standard InChI is InChI=1S/C39H50/c1-25-17-27(3)35(21-30-13-10-9-11-14-30)38(18-25)34-16-12-15-32-20-31(23-37(32)34)22-36-28(4)26(2)19-33(29(36)5)24-39(6,7)8/h12,15-20,30,33,36H,4-5,9-11,13-14,21-24H2,1-3,6-8H3. The summed E-state index contributed by atoms with van der Waals surface area (Å²) in [6.07, 6.45) is 16.4. The summed E-state index contributed by atoms with van der Waals surface area (Å²) >= 11 is 0. The first-order chi connectivity index (χ1) is 18.5. The molecule has 2 unspecified atom stereocenters. The van der Waals surface area contributed by atoms with Gasteiger partial charge in [-0.2, -0.15) is 0 Å². The predicted molar refractivity (Wildman–Crippen MR) is 171 cm³/mol. The number of hydrogen-bond acceptors (Lipinski definition) is 0. The van der Waals surface area contributed by atoms with Gasteiger partial charge in [0.2, 0.25) is 0 Å². The lowest BCUT2D eigenvalue weighted by Gasteiger charge is -2.36. The fourth-order valence-electron chi connectivity index (χ4n) is 7.65. The van der Waals surface area contributed by atoms with Crippen LogP contribution in [0.15, 0.2) is 71.9 Å². The van der Waals surface area contributed by atoms with E-state index in [1.165, 1.54) is 94.2 Å². The highest BCUT2D eigenvalue weighted by atomic mass is 14.4. The molecule has 0 N–H and O–H groups in total. The number of allylic oxidation sites excluding steroid dienone is 5. The summed E-state index contributed by atoms with van der Waals surface area (Å²) in [6, 6.07) is 11.9. The van der Waals surface area contributed by atoms with Gasteiger partial charge in [-0.15, -0.1) is 0 Å². The van der Waals surface area contributed by atoms with Crippen molar-refractivity contribution in [3.05, 3.63) is 99.7 Å². The molecule has 0 spiro atoms. The third kappa shape index (κ3) is 6.11. The van der Waals surface area contributed by atoms with Crippen LogP contribution in [0.5, 0.6) is 0 Å². The molecule has 0 aliphatic heterocycles. The Hall–Kier alpha value is -2.60. The molecule has 3 aliphatic rings. The van der Waals surface area contributed by atoms with E-state index in [2.05, 4.69) is 97.2 Å². The summed E-state index contributed by atoms with van der Waals surface area (Å²) in [5, 5.41) is 0. The number of benzene rings is 2. The van der Waals surface area contributed by atoms with Crippen LogP contribution in [0.25, 0.3) is 17.2 Å². The fourth-order valence-corrected chi connectivity index (χ4v) is 7.65. The molecule has 39 heavy (non-hydrogen) atoms. The van der Waals surface area contributed by atoms with Gasteiger partial charge >= 0.3 is 0 Å². The number of rotatable bonds is 6. The van der Waals surface area contributed by atoms with Gasteiger partial charge in [0.15, 0.2) is 0 Å². The maximum absolute atomic E-state index is 4.66. The van der Waals surface area contributed by atoms with Crippen LogP contribution < -0.4 is 0 Å². The SMILES string of the molecule is C=C1C(C)=CC(CC(C)(C)C)C(=C)C1CC1=Cc2cccc(-c3cc(C)cc(C)c3CC3CCCCC3)c2C1. The Morgan fingerprint density at radius 1 is 0.897 bits per heavy atom. The Labute approximate surface area is 239 Å². The summed E-state index contributed by atoms with van der Waals surface area (Å²) in [6.45, 7) is 23.1. The van der Waals surface area contributed by atoms with Crippen molar-refractivity contribution in [2.24, 2.45) is 23.2 Å². The fraction of sp³-hybridized carbons (Fsp3) is 0.487. The second kappa shape index (κ2) is 11.1. The predicted octanol–water partition coefficient (Wildman–Crippen LogP) is 11.2. The molecule has 0 amide bonds. The molecule has 1 fully saturated rings. The molecular weight excluding hydrogens is 468 g/mol. The second-order valence-electron chi connectivity index (χ2n) is 14.2. The van der Waals surface area contributed by atoms with E-state index in [9.17, 15) is 0 Å². The minimum absolute atomic E-state index is 0.284. The van der Waals surface area contributed by atoms with Gasteiger partial charge in [0.1, 0.15) is 0 Å². The van der Waals surface area contributed by atoms with Gasteiger partial charge in [0.05, 0.1) is 0 Å². The third-order valence-electron chi connectivity index (χ3n) is 9.70. The van der Waals surface area contributed by atoms with Crippen LogP contribution in [-0.2, 0) is 12.8 Å². The van der Waals surface area contributed by atoms with Crippen LogP contribution in [0.3, 0.4) is 0 Å². The lowest BCUT2D eigenvalue weighted by molar-refractivity contribution is 0.333. The van der Waals surface area contributed by atoms with Crippen LogP contribution in [0, 0.1) is 37.0 Å². The molecule has 3 aliphatic carbocycles. The molecule has 2 aromatic rings. The summed E-state index contributed by atoms with van der Waals surface area (Å²) in [7, 11) is 0. The molecule has 0 saturated heterocycles. The van der Waals surface area contributed by atoms with Gasteiger partial charge < -0.3 is 0 Å². The van der Waals surface area contributed by atoms with Crippen LogP contribution in [-0.4, -0.2) is 0 Å². The number of hydrogen-bond donors (Lipinski definition) is 0. The molecule has 1 saturated carbocycles. The molecule has 0 heterocycles. The number of aryl methyl sites for hydroxylation is 2. The van der Waals surface area contributed by atoms with Gasteiger partial charge in [-0.05, 0) is 103 Å². The summed E-state index contributed by atoms with van der Waals surface area (Å²) in [5.41, 5.74) is 16.1. The zero-order chi connectivity index (χ0) is 27.9. The Morgan fingerprint density at radius 3 is 2.36 bits per heavy atom. The first-order valence-electron chi connectivity index (χ1n) is 15.5. The zero-order valence-electron chi connectivity index (χ0n) is 25.6. The molecule has 2 atom stereocenters. The lowest BCUT2D eigenvalue weighted by atomic mass is 9.69. The van der Waals surface area contributed by atoms with Gasteiger partial charge in [-0.1, -0.05) is 131 Å². The van der Waals surface area contributed by atoms with E-state index in [4.69, 9.17) is 0 Å². The van der Waals surface area contributed by atoms with E-state index in [0.29, 0.717) is 11.8 Å². The Bertz CT molecular complexity index is 1330. The van der Waals surface area contributed by atoms with Crippen molar-refractivity contribution < 1.29 is 0 Å². The average molecular weight is 519 g/mol. The summed E-state index contributed by atoms with van der Waals surface area (Å²) < 4.78 is 0. The largest absolute Gasteiger partial charge is 0.0986 e. The number of fused-ring (bicyclic) bond motifs is 1. The maximum atomic E-state index is 4.66. The molecule has 0 bridgehead atoms. The molecule has 0 nitrogen and oxygen atoms in total. The minimum Gasteiger partial charge on any atom is -0.0986 e. The normalized spacial score (nSPS) is 22.1. The molecule has 0 radical (unpaired) electrons. The highest BCUT2D eigenvalue weighted by Gasteiger charge is 2.32. The van der Waals surface area contributed by atoms with Crippen molar-refractivity contribution in [1.29, 1.82) is 0 Å². The van der Waals surface area contributed by atoms with Crippen molar-refractivity contribution in [2.45, 2.75) is 99.3 Å². The van der Waals surface area contributed by atoms with Crippen LogP contribution >= 0.6 is 0 Å². The van der Waals surface area contributed by atoms with Crippen molar-refractivity contribution in [3.8, 4) is 11.1 Å². The highest BCUT2D eigenvalue weighted by Crippen LogP contribution is 2.46. The van der Waals surface area contributed by atoms with E-state index >= 15 is 0 Å². The monoisotopic (exact) mass is 518 g/mol. The second-order valence-corrected chi connectivity index (χ2v) is 14.2. The van der Waals surface area contributed by atoms with E-state index in [0.717, 1.165) is 25.2 Å². The lowest BCUT2D eigenvalue weighted by Crippen LogP contribution is -2.23. The molecule has 0 aromatic heterocycles. The first kappa shape index (κ1) is 27.9. The van der Waals surface area contributed by atoms with E-state index in [1.807, 2.05) is 0 Å². The first-order valence-corrected chi connectivity index (χ1v) is 15.5. The van der Waals surface area contributed by atoms with Gasteiger partial charge in [-0.25, -0.2) is 0 Å². The van der Waals surface area contributed by atoms with Crippen LogP contribution in [0.4, 0.5) is 0 Å².